The number of rotatable bonds is 12. The molecule has 2 unspecified atom stereocenters. The van der Waals surface area contributed by atoms with Gasteiger partial charge in [-0.25, -0.2) is 18.0 Å². The van der Waals surface area contributed by atoms with Gasteiger partial charge in [-0.1, -0.05) is 37.1 Å². The summed E-state index contributed by atoms with van der Waals surface area (Å²) in [7, 11) is 2.05. The quantitative estimate of drug-likeness (QED) is 0.175. The van der Waals surface area contributed by atoms with E-state index < -0.39 is 12.5 Å². The molecule has 0 aliphatic carbocycles. The van der Waals surface area contributed by atoms with E-state index in [2.05, 4.69) is 11.8 Å². The summed E-state index contributed by atoms with van der Waals surface area (Å²) < 4.78 is 40.4. The van der Waals surface area contributed by atoms with E-state index in [1.54, 1.807) is 11.0 Å². The Kier molecular flexibility index (Phi) is 15.6. The average molecular weight is 680 g/mol. The fourth-order valence-corrected chi connectivity index (χ4v) is 5.83. The number of carbonyl (C=O) groups excluding carboxylic acids is 2. The number of nitrogens with two attached hydrogens (primary N) is 2. The van der Waals surface area contributed by atoms with Gasteiger partial charge in [0.15, 0.2) is 0 Å². The summed E-state index contributed by atoms with van der Waals surface area (Å²) >= 11 is 1.12. The molecule has 1 fully saturated rings. The molecule has 8 nitrogen and oxygen atoms in total. The van der Waals surface area contributed by atoms with Crippen molar-refractivity contribution in [3.05, 3.63) is 75.1 Å². The molecule has 1 heterocycles. The van der Waals surface area contributed by atoms with E-state index in [0.717, 1.165) is 59.3 Å². The van der Waals surface area contributed by atoms with Crippen LogP contribution in [0.15, 0.2) is 47.0 Å². The van der Waals surface area contributed by atoms with Crippen molar-refractivity contribution in [1.29, 1.82) is 0 Å². The second-order valence-corrected chi connectivity index (χ2v) is 14.0. The Morgan fingerprint density at radius 1 is 1.19 bits per heavy atom. The molecular weight excluding hydrogens is 627 g/mol. The number of amides is 2. The summed E-state index contributed by atoms with van der Waals surface area (Å²) in [5.41, 5.74) is 10.2. The highest BCUT2D eigenvalue weighted by Crippen LogP contribution is 2.31. The minimum Gasteiger partial charge on any atom is -0.444 e. The van der Waals surface area contributed by atoms with Crippen LogP contribution in [-0.2, 0) is 16.1 Å². The van der Waals surface area contributed by atoms with Crippen molar-refractivity contribution in [2.45, 2.75) is 85.4 Å². The van der Waals surface area contributed by atoms with E-state index in [1.807, 2.05) is 78.9 Å². The van der Waals surface area contributed by atoms with E-state index in [9.17, 15) is 18.4 Å². The molecule has 2 aromatic rings. The molecule has 0 saturated carbocycles. The van der Waals surface area contributed by atoms with Crippen LogP contribution in [0.25, 0.3) is 0 Å². The van der Waals surface area contributed by atoms with Crippen LogP contribution in [0.4, 0.5) is 23.7 Å². The van der Waals surface area contributed by atoms with Crippen LogP contribution in [0, 0.1) is 18.7 Å². The van der Waals surface area contributed by atoms with Crippen LogP contribution in [0.5, 0.6) is 0 Å². The van der Waals surface area contributed by atoms with Crippen LogP contribution in [0.3, 0.4) is 0 Å². The Morgan fingerprint density at radius 3 is 2.43 bits per heavy atom. The molecular formula is C35H52F3N5O3S. The maximum Gasteiger partial charge on any atom is 0.410 e. The number of alkyl halides is 2. The first-order valence-electron chi connectivity index (χ1n) is 15.8. The molecule has 0 aromatic heterocycles. The lowest BCUT2D eigenvalue weighted by Crippen LogP contribution is -2.35. The van der Waals surface area contributed by atoms with Crippen LogP contribution in [0.2, 0.25) is 0 Å². The van der Waals surface area contributed by atoms with Gasteiger partial charge in [-0.3, -0.25) is 14.8 Å². The summed E-state index contributed by atoms with van der Waals surface area (Å²) in [6.07, 6.45) is 2.38. The number of benzene rings is 2. The van der Waals surface area contributed by atoms with E-state index >= 15 is 4.39 Å². The van der Waals surface area contributed by atoms with Crippen LogP contribution in [-0.4, -0.2) is 61.5 Å². The van der Waals surface area contributed by atoms with E-state index in [0.29, 0.717) is 36.0 Å². The van der Waals surface area contributed by atoms with E-state index in [-0.39, 0.29) is 30.4 Å². The second-order valence-electron chi connectivity index (χ2n) is 13.1. The molecule has 0 radical (unpaired) electrons. The van der Waals surface area contributed by atoms with Gasteiger partial charge in [0.25, 0.3) is 0 Å². The molecule has 1 saturated heterocycles. The predicted molar refractivity (Wildman–Crippen MR) is 186 cm³/mol. The highest BCUT2D eigenvalue weighted by atomic mass is 32.2. The standard InChI is InChI=1S/C34H50FN5O3S.CH2F2/c1-22-16-28(24(3)38(8)14-12-26-13-15-39(19-26)33(42)43-34(5,6)7)18-31(35)30(22)20-40(21-41)29-11-9-10-27(17-29)23(2)32(36)25(4)44-37;2-1-3/h9-11,16-18,21,23-24,26H,12-15,19-20,36-37H2,1-8H3;1H2/b32-25-;/t23-,24?,26?;/m1./s1. The maximum absolute atomic E-state index is 15.6. The minimum atomic E-state index is -1.75. The lowest BCUT2D eigenvalue weighted by Gasteiger charge is -2.28. The molecule has 2 amide bonds. The van der Waals surface area contributed by atoms with Gasteiger partial charge < -0.3 is 20.3 Å². The number of allylic oxidation sites excluding steroid dienone is 2. The third-order valence-electron chi connectivity index (χ3n) is 8.62. The van der Waals surface area contributed by atoms with Crippen molar-refractivity contribution in [2.75, 3.05) is 38.5 Å². The highest BCUT2D eigenvalue weighted by molar-refractivity contribution is 8.00. The number of likely N-dealkylation sites (tertiary alicyclic amines) is 1. The fraction of sp³-hybridized carbons (Fsp3) is 0.543. The number of nitrogens with zero attached hydrogens (tertiary/aromatic N) is 3. The molecule has 262 valence electrons. The first-order chi connectivity index (χ1) is 22.1. The van der Waals surface area contributed by atoms with Crippen LogP contribution < -0.4 is 15.8 Å². The number of aryl methyl sites for hydroxylation is 1. The zero-order valence-corrected chi connectivity index (χ0v) is 29.8. The van der Waals surface area contributed by atoms with Crippen LogP contribution >= 0.6 is 11.9 Å². The van der Waals surface area contributed by atoms with Gasteiger partial charge in [0.2, 0.25) is 13.3 Å². The Bertz CT molecular complexity index is 1350. The van der Waals surface area contributed by atoms with Crippen molar-refractivity contribution in [3.63, 3.8) is 0 Å². The maximum atomic E-state index is 15.6. The van der Waals surface area contributed by atoms with Gasteiger partial charge in [0.05, 0.1) is 6.54 Å². The zero-order chi connectivity index (χ0) is 35.5. The van der Waals surface area contributed by atoms with E-state index in [1.165, 1.54) is 4.90 Å². The first-order valence-corrected chi connectivity index (χ1v) is 16.7. The molecule has 0 bridgehead atoms. The third kappa shape index (κ3) is 11.8. The van der Waals surface area contributed by atoms with Crippen molar-refractivity contribution in [2.24, 2.45) is 16.8 Å². The van der Waals surface area contributed by atoms with Gasteiger partial charge >= 0.3 is 6.09 Å². The van der Waals surface area contributed by atoms with Gasteiger partial charge in [-0.15, -0.1) is 0 Å². The topological polar surface area (TPSA) is 105 Å². The Labute approximate surface area is 282 Å². The molecule has 1 aliphatic rings. The molecule has 12 heteroatoms. The lowest BCUT2D eigenvalue weighted by atomic mass is 9.96. The normalized spacial score (nSPS) is 16.6. The summed E-state index contributed by atoms with van der Waals surface area (Å²) in [4.78, 5) is 31.0. The van der Waals surface area contributed by atoms with Gasteiger partial charge in [-0.05, 0) is 109 Å². The fourth-order valence-electron chi connectivity index (χ4n) is 5.52. The molecule has 2 aromatic carbocycles. The number of anilines is 1. The van der Waals surface area contributed by atoms with E-state index in [4.69, 9.17) is 15.6 Å². The lowest BCUT2D eigenvalue weighted by molar-refractivity contribution is -0.107. The number of hydrogen-bond acceptors (Lipinski definition) is 7. The SMILES string of the molecule is C/C(SN)=C(/N)[C@H](C)c1cccc(N(C=O)Cc2c(C)cc(C(C)N(C)CCC3CCN(C(=O)OC(C)(C)C)C3)cc2F)c1.FCF. The van der Waals surface area contributed by atoms with Gasteiger partial charge in [0.1, 0.15) is 11.4 Å². The first kappa shape index (κ1) is 40.0. The second kappa shape index (κ2) is 18.4. The molecule has 1 aliphatic heterocycles. The zero-order valence-electron chi connectivity index (χ0n) is 29.0. The van der Waals surface area contributed by atoms with Gasteiger partial charge in [0, 0.05) is 46.9 Å². The summed E-state index contributed by atoms with van der Waals surface area (Å²) in [5, 5.41) is 5.69. The summed E-state index contributed by atoms with van der Waals surface area (Å²) in [6, 6.07) is 11.2. The van der Waals surface area contributed by atoms with Crippen molar-refractivity contribution in [3.8, 4) is 0 Å². The molecule has 0 spiro atoms. The Morgan fingerprint density at radius 2 is 1.85 bits per heavy atom. The Hall–Kier alpha value is -3.22. The van der Waals surface area contributed by atoms with Crippen molar-refractivity contribution >= 4 is 30.1 Å². The monoisotopic (exact) mass is 679 g/mol. The number of ether oxygens (including phenoxy) is 1. The Balaban J connectivity index is 0.00000246. The molecule has 3 atom stereocenters. The van der Waals surface area contributed by atoms with Crippen molar-refractivity contribution in [1.82, 2.24) is 9.80 Å². The highest BCUT2D eigenvalue weighted by Gasteiger charge is 2.30. The predicted octanol–water partition coefficient (Wildman–Crippen LogP) is 7.72. The molecule has 4 N–H and O–H groups in total. The smallest absolute Gasteiger partial charge is 0.410 e. The molecule has 3 rings (SSSR count). The van der Waals surface area contributed by atoms with Crippen molar-refractivity contribution < 1.29 is 27.5 Å². The number of carbonyl (C=O) groups is 2. The average Bonchev–Trinajstić information content (AvgIpc) is 3.51. The number of halogens is 3. The number of hydrogen-bond donors (Lipinski definition) is 2. The van der Waals surface area contributed by atoms with Gasteiger partial charge in [-0.2, -0.15) is 0 Å². The summed E-state index contributed by atoms with van der Waals surface area (Å²) in [5.74, 6) is -0.0126. The van der Waals surface area contributed by atoms with Crippen LogP contribution in [0.1, 0.15) is 88.6 Å². The third-order valence-corrected chi connectivity index (χ3v) is 9.21. The minimum absolute atomic E-state index is 0.00499. The largest absolute Gasteiger partial charge is 0.444 e. The summed E-state index contributed by atoms with van der Waals surface area (Å²) in [6.45, 7) is 14.1. The molecule has 47 heavy (non-hydrogen) atoms.